The molecular weight excluding hydrogens is 204 g/mol. The van der Waals surface area contributed by atoms with Crippen molar-refractivity contribution in [2.24, 2.45) is 0 Å². The first-order chi connectivity index (χ1) is 7.70. The third-order valence-electron chi connectivity index (χ3n) is 3.06. The molecule has 1 aliphatic heterocycles. The maximum Gasteiger partial charge on any atom is 0.252 e. The number of likely N-dealkylation sites (N-methyl/N-ethyl adjacent to an activating group) is 1. The van der Waals surface area contributed by atoms with E-state index in [1.165, 1.54) is 0 Å². The van der Waals surface area contributed by atoms with Gasteiger partial charge in [-0.3, -0.25) is 4.79 Å². The van der Waals surface area contributed by atoms with E-state index in [0.29, 0.717) is 6.04 Å². The number of aryl methyl sites for hydroxylation is 1. The van der Waals surface area contributed by atoms with E-state index in [0.717, 1.165) is 37.6 Å². The number of anilines is 1. The van der Waals surface area contributed by atoms with Crippen molar-refractivity contribution in [2.45, 2.75) is 25.8 Å². The second-order valence-corrected chi connectivity index (χ2v) is 4.16. The molecule has 1 aromatic rings. The van der Waals surface area contributed by atoms with Crippen LogP contribution < -0.4 is 15.8 Å². The number of hydrogen-bond acceptors (Lipinski definition) is 4. The molecule has 1 atom stereocenters. The molecule has 0 amide bonds. The van der Waals surface area contributed by atoms with Gasteiger partial charge in [0.25, 0.3) is 5.56 Å². The van der Waals surface area contributed by atoms with Crippen molar-refractivity contribution in [3.05, 3.63) is 22.2 Å². The lowest BCUT2D eigenvalue weighted by Crippen LogP contribution is -2.35. The van der Waals surface area contributed by atoms with Gasteiger partial charge in [-0.15, -0.1) is 0 Å². The molecule has 1 saturated heterocycles. The summed E-state index contributed by atoms with van der Waals surface area (Å²) in [5.74, 6) is 1.52. The first-order valence-electron chi connectivity index (χ1n) is 5.74. The van der Waals surface area contributed by atoms with Crippen LogP contribution in [-0.4, -0.2) is 36.1 Å². The van der Waals surface area contributed by atoms with Crippen LogP contribution in [0.2, 0.25) is 0 Å². The third-order valence-corrected chi connectivity index (χ3v) is 3.06. The minimum atomic E-state index is -0.0698. The zero-order valence-electron chi connectivity index (χ0n) is 9.79. The molecule has 2 heterocycles. The summed E-state index contributed by atoms with van der Waals surface area (Å²) < 4.78 is 0. The molecule has 0 aliphatic carbocycles. The van der Waals surface area contributed by atoms with E-state index >= 15 is 0 Å². The van der Waals surface area contributed by atoms with Gasteiger partial charge in [0.1, 0.15) is 11.6 Å². The average molecular weight is 222 g/mol. The van der Waals surface area contributed by atoms with Crippen molar-refractivity contribution >= 4 is 5.82 Å². The molecule has 1 fully saturated rings. The van der Waals surface area contributed by atoms with Crippen LogP contribution in [0.25, 0.3) is 0 Å². The number of H-pyrrole nitrogens is 1. The minimum absolute atomic E-state index is 0.0698. The molecule has 0 bridgehead atoms. The highest BCUT2D eigenvalue weighted by Gasteiger charge is 2.20. The van der Waals surface area contributed by atoms with Crippen molar-refractivity contribution in [1.29, 1.82) is 0 Å². The summed E-state index contributed by atoms with van der Waals surface area (Å²) in [7, 11) is 2.00. The molecule has 1 aliphatic rings. The number of aromatic amines is 1. The third kappa shape index (κ3) is 2.24. The van der Waals surface area contributed by atoms with Gasteiger partial charge in [-0.05, 0) is 13.0 Å². The molecule has 16 heavy (non-hydrogen) atoms. The molecule has 0 saturated carbocycles. The Labute approximate surface area is 94.9 Å². The van der Waals surface area contributed by atoms with Gasteiger partial charge in [-0.2, -0.15) is 0 Å². The molecule has 0 radical (unpaired) electrons. The van der Waals surface area contributed by atoms with Crippen LogP contribution >= 0.6 is 0 Å². The summed E-state index contributed by atoms with van der Waals surface area (Å²) in [4.78, 5) is 20.7. The normalized spacial score (nSPS) is 20.0. The molecule has 0 aromatic carbocycles. The van der Waals surface area contributed by atoms with Crippen LogP contribution in [0.3, 0.4) is 0 Å². The summed E-state index contributed by atoms with van der Waals surface area (Å²) in [6, 6.07) is 2.01. The first-order valence-corrected chi connectivity index (χ1v) is 5.74. The van der Waals surface area contributed by atoms with Crippen molar-refractivity contribution in [3.8, 4) is 0 Å². The average Bonchev–Trinajstić information content (AvgIpc) is 2.80. The SMILES string of the molecule is CCc1nc(N(C)C2CCNC2)cc(=O)[nH]1. The summed E-state index contributed by atoms with van der Waals surface area (Å²) in [6.45, 7) is 3.99. The van der Waals surface area contributed by atoms with Gasteiger partial charge in [-0.25, -0.2) is 4.98 Å². The fourth-order valence-electron chi connectivity index (χ4n) is 2.00. The number of nitrogens with one attached hydrogen (secondary N) is 2. The van der Waals surface area contributed by atoms with Crippen molar-refractivity contribution in [2.75, 3.05) is 25.0 Å². The maximum atomic E-state index is 11.5. The van der Waals surface area contributed by atoms with Gasteiger partial charge in [0.2, 0.25) is 0 Å². The van der Waals surface area contributed by atoms with Gasteiger partial charge < -0.3 is 15.2 Å². The first kappa shape index (κ1) is 11.1. The highest BCUT2D eigenvalue weighted by Crippen LogP contribution is 2.14. The number of nitrogens with zero attached hydrogens (tertiary/aromatic N) is 2. The summed E-state index contributed by atoms with van der Waals surface area (Å²) >= 11 is 0. The molecular formula is C11H18N4O. The summed E-state index contributed by atoms with van der Waals surface area (Å²) in [6.07, 6.45) is 1.85. The summed E-state index contributed by atoms with van der Waals surface area (Å²) in [5, 5.41) is 3.31. The highest BCUT2D eigenvalue weighted by molar-refractivity contribution is 5.38. The molecule has 1 unspecified atom stereocenters. The Balaban J connectivity index is 2.24. The molecule has 5 heteroatoms. The quantitative estimate of drug-likeness (QED) is 0.763. The van der Waals surface area contributed by atoms with Crippen molar-refractivity contribution < 1.29 is 0 Å². The monoisotopic (exact) mass is 222 g/mol. The number of aromatic nitrogens is 2. The highest BCUT2D eigenvalue weighted by atomic mass is 16.1. The Morgan fingerprint density at radius 3 is 3.06 bits per heavy atom. The fourth-order valence-corrected chi connectivity index (χ4v) is 2.00. The Bertz CT molecular complexity index is 409. The van der Waals surface area contributed by atoms with Crippen LogP contribution in [0, 0.1) is 0 Å². The van der Waals surface area contributed by atoms with E-state index in [9.17, 15) is 4.79 Å². The molecule has 88 valence electrons. The van der Waals surface area contributed by atoms with Gasteiger partial charge in [0.05, 0.1) is 0 Å². The Hall–Kier alpha value is -1.36. The molecule has 2 N–H and O–H groups in total. The largest absolute Gasteiger partial charge is 0.355 e. The molecule has 0 spiro atoms. The predicted octanol–water partition coefficient (Wildman–Crippen LogP) is 0.130. The van der Waals surface area contributed by atoms with Crippen LogP contribution in [0.15, 0.2) is 10.9 Å². The zero-order valence-corrected chi connectivity index (χ0v) is 9.79. The smallest absolute Gasteiger partial charge is 0.252 e. The van der Waals surface area contributed by atoms with E-state index in [1.807, 2.05) is 14.0 Å². The van der Waals surface area contributed by atoms with Crippen molar-refractivity contribution in [1.82, 2.24) is 15.3 Å². The van der Waals surface area contributed by atoms with E-state index in [1.54, 1.807) is 6.07 Å². The second kappa shape index (κ2) is 4.65. The number of hydrogen-bond donors (Lipinski definition) is 2. The second-order valence-electron chi connectivity index (χ2n) is 4.16. The van der Waals surface area contributed by atoms with Crippen LogP contribution in [-0.2, 0) is 6.42 Å². The predicted molar refractivity (Wildman–Crippen MR) is 63.9 cm³/mol. The van der Waals surface area contributed by atoms with Crippen LogP contribution in [0.5, 0.6) is 0 Å². The summed E-state index contributed by atoms with van der Waals surface area (Å²) in [5.41, 5.74) is -0.0698. The van der Waals surface area contributed by atoms with Gasteiger partial charge >= 0.3 is 0 Å². The van der Waals surface area contributed by atoms with E-state index < -0.39 is 0 Å². The Kier molecular flexibility index (Phi) is 3.24. The lowest BCUT2D eigenvalue weighted by atomic mass is 10.2. The van der Waals surface area contributed by atoms with Gasteiger partial charge in [0, 0.05) is 32.1 Å². The van der Waals surface area contributed by atoms with E-state index in [4.69, 9.17) is 0 Å². The minimum Gasteiger partial charge on any atom is -0.355 e. The van der Waals surface area contributed by atoms with E-state index in [-0.39, 0.29) is 5.56 Å². The maximum absolute atomic E-state index is 11.5. The Morgan fingerprint density at radius 1 is 1.62 bits per heavy atom. The van der Waals surface area contributed by atoms with Crippen LogP contribution in [0.1, 0.15) is 19.2 Å². The Morgan fingerprint density at radius 2 is 2.44 bits per heavy atom. The fraction of sp³-hybridized carbons (Fsp3) is 0.636. The van der Waals surface area contributed by atoms with Gasteiger partial charge in [0.15, 0.2) is 0 Å². The van der Waals surface area contributed by atoms with Crippen LogP contribution in [0.4, 0.5) is 5.82 Å². The topological polar surface area (TPSA) is 61.0 Å². The lowest BCUT2D eigenvalue weighted by molar-refractivity contribution is 0.673. The van der Waals surface area contributed by atoms with E-state index in [2.05, 4.69) is 20.2 Å². The molecule has 5 nitrogen and oxygen atoms in total. The molecule has 2 rings (SSSR count). The molecule has 1 aromatic heterocycles. The van der Waals surface area contributed by atoms with Crippen molar-refractivity contribution in [3.63, 3.8) is 0 Å². The lowest BCUT2D eigenvalue weighted by Gasteiger charge is -2.24. The standard InChI is InChI=1S/C11H18N4O/c1-3-9-13-10(6-11(16)14-9)15(2)8-4-5-12-7-8/h6,8,12H,3-5,7H2,1-2H3,(H,13,14,16). The van der Waals surface area contributed by atoms with Gasteiger partial charge in [-0.1, -0.05) is 6.92 Å². The number of rotatable bonds is 3. The zero-order chi connectivity index (χ0) is 11.5.